The number of piperidine rings is 1. The number of hydrogen-bond donors (Lipinski definition) is 1. The van der Waals surface area contributed by atoms with Crippen molar-refractivity contribution in [2.24, 2.45) is 0 Å². The van der Waals surface area contributed by atoms with Crippen LogP contribution in [0.2, 0.25) is 0 Å². The van der Waals surface area contributed by atoms with E-state index in [2.05, 4.69) is 58.3 Å². The van der Waals surface area contributed by atoms with Gasteiger partial charge in [-0.1, -0.05) is 36.8 Å². The van der Waals surface area contributed by atoms with Crippen molar-refractivity contribution in [3.05, 3.63) is 71.4 Å². The number of nitrogens with zero attached hydrogens (tertiary/aromatic N) is 3. The average molecular weight is 417 g/mol. The highest BCUT2D eigenvalue weighted by Gasteiger charge is 2.29. The topological polar surface area (TPSA) is 42.3 Å². The lowest BCUT2D eigenvalue weighted by Crippen LogP contribution is -2.30. The highest BCUT2D eigenvalue weighted by atomic mass is 16.5. The van der Waals surface area contributed by atoms with E-state index in [9.17, 15) is 0 Å². The Morgan fingerprint density at radius 1 is 1.00 bits per heavy atom. The summed E-state index contributed by atoms with van der Waals surface area (Å²) in [5.74, 6) is 2.07. The van der Waals surface area contributed by atoms with Crippen LogP contribution >= 0.6 is 0 Å². The number of nitrogens with one attached hydrogen (secondary N) is 1. The summed E-state index contributed by atoms with van der Waals surface area (Å²) in [5.41, 5.74) is 4.95. The number of hydrogen-bond acceptors (Lipinski definition) is 4. The fourth-order valence-corrected chi connectivity index (χ4v) is 4.83. The summed E-state index contributed by atoms with van der Waals surface area (Å²) in [6.07, 6.45) is 7.32. The van der Waals surface area contributed by atoms with Crippen LogP contribution in [0.25, 0.3) is 5.69 Å². The summed E-state index contributed by atoms with van der Waals surface area (Å²) in [4.78, 5) is 2.49. The number of likely N-dealkylation sites (tertiary alicyclic amines) is 1. The maximum absolute atomic E-state index is 5.98. The van der Waals surface area contributed by atoms with Crippen LogP contribution in [0.4, 0.5) is 5.82 Å². The first-order chi connectivity index (χ1) is 15.3. The zero-order chi connectivity index (χ0) is 21.0. The predicted molar refractivity (Wildman–Crippen MR) is 125 cm³/mol. The third-order valence-electron chi connectivity index (χ3n) is 6.58. The lowest BCUT2D eigenvalue weighted by Gasteiger charge is -2.31. The number of aromatic nitrogens is 2. The standard InChI is InChI=1S/C26H32N4O/c1-29-18-8-6-12-24(29)25-23-11-5-7-17-27-26(23)30(28-25)21-13-15-22(16-14-21)31-19-20-9-3-2-4-10-20/h2-4,9-10,13-16,24,27H,5-8,11-12,17-19H2,1H3. The summed E-state index contributed by atoms with van der Waals surface area (Å²) >= 11 is 0. The van der Waals surface area contributed by atoms with Gasteiger partial charge in [-0.2, -0.15) is 5.10 Å². The number of rotatable bonds is 5. The van der Waals surface area contributed by atoms with Gasteiger partial charge in [0.05, 0.1) is 17.4 Å². The molecule has 2 aliphatic heterocycles. The van der Waals surface area contributed by atoms with Gasteiger partial charge in [0.15, 0.2) is 0 Å². The van der Waals surface area contributed by atoms with Gasteiger partial charge in [0.2, 0.25) is 0 Å². The molecule has 1 fully saturated rings. The Morgan fingerprint density at radius 3 is 2.65 bits per heavy atom. The molecule has 5 heteroatoms. The third-order valence-corrected chi connectivity index (χ3v) is 6.58. The zero-order valence-electron chi connectivity index (χ0n) is 18.4. The molecular formula is C26H32N4O. The largest absolute Gasteiger partial charge is 0.489 e. The molecule has 5 nitrogen and oxygen atoms in total. The second kappa shape index (κ2) is 9.15. The van der Waals surface area contributed by atoms with Crippen LogP contribution in [0, 0.1) is 0 Å². The molecule has 1 unspecified atom stereocenters. The van der Waals surface area contributed by atoms with Gasteiger partial charge < -0.3 is 10.1 Å². The van der Waals surface area contributed by atoms with Gasteiger partial charge in [0.1, 0.15) is 18.2 Å². The van der Waals surface area contributed by atoms with Gasteiger partial charge in [-0.3, -0.25) is 4.90 Å². The number of benzene rings is 2. The predicted octanol–water partition coefficient (Wildman–Crippen LogP) is 5.36. The molecule has 1 atom stereocenters. The smallest absolute Gasteiger partial charge is 0.133 e. The minimum Gasteiger partial charge on any atom is -0.489 e. The van der Waals surface area contributed by atoms with Gasteiger partial charge in [0, 0.05) is 12.1 Å². The van der Waals surface area contributed by atoms with Crippen molar-refractivity contribution in [1.82, 2.24) is 14.7 Å². The molecule has 1 N–H and O–H groups in total. The van der Waals surface area contributed by atoms with Crippen LogP contribution in [0.3, 0.4) is 0 Å². The molecule has 3 heterocycles. The Kier molecular flexibility index (Phi) is 5.94. The first-order valence-electron chi connectivity index (χ1n) is 11.6. The lowest BCUT2D eigenvalue weighted by molar-refractivity contribution is 0.182. The summed E-state index contributed by atoms with van der Waals surface area (Å²) in [5, 5.41) is 8.85. The first-order valence-corrected chi connectivity index (χ1v) is 11.6. The highest BCUT2D eigenvalue weighted by Crippen LogP contribution is 2.37. The summed E-state index contributed by atoms with van der Waals surface area (Å²) in [6.45, 7) is 2.75. The first kappa shape index (κ1) is 20.1. The maximum Gasteiger partial charge on any atom is 0.133 e. The van der Waals surface area contributed by atoms with Gasteiger partial charge in [-0.15, -0.1) is 0 Å². The van der Waals surface area contributed by atoms with Crippen LogP contribution in [0.5, 0.6) is 5.75 Å². The Balaban J connectivity index is 1.41. The molecular weight excluding hydrogens is 384 g/mol. The molecule has 0 aliphatic carbocycles. The molecule has 5 rings (SSSR count). The van der Waals surface area contributed by atoms with E-state index in [0.29, 0.717) is 12.6 Å². The number of fused-ring (bicyclic) bond motifs is 1. The van der Waals surface area contributed by atoms with E-state index in [1.807, 2.05) is 18.2 Å². The molecule has 2 aromatic carbocycles. The van der Waals surface area contributed by atoms with Gasteiger partial charge in [-0.05, 0) is 75.5 Å². The molecule has 1 saturated heterocycles. The normalized spacial score (nSPS) is 19.3. The van der Waals surface area contributed by atoms with E-state index in [1.165, 1.54) is 54.7 Å². The minimum absolute atomic E-state index is 0.428. The molecule has 0 saturated carbocycles. The van der Waals surface area contributed by atoms with Crippen molar-refractivity contribution < 1.29 is 4.74 Å². The monoisotopic (exact) mass is 416 g/mol. The molecule has 3 aromatic rings. The number of ether oxygens (including phenoxy) is 1. The molecule has 0 bridgehead atoms. The highest BCUT2D eigenvalue weighted by molar-refractivity contribution is 5.55. The van der Waals surface area contributed by atoms with Crippen molar-refractivity contribution in [3.8, 4) is 11.4 Å². The molecule has 162 valence electrons. The summed E-state index contributed by atoms with van der Waals surface area (Å²) in [6, 6.07) is 19.1. The van der Waals surface area contributed by atoms with Gasteiger partial charge in [-0.25, -0.2) is 4.68 Å². The van der Waals surface area contributed by atoms with Gasteiger partial charge >= 0.3 is 0 Å². The van der Waals surface area contributed by atoms with E-state index in [0.717, 1.165) is 30.9 Å². The van der Waals surface area contributed by atoms with E-state index < -0.39 is 0 Å². The zero-order valence-corrected chi connectivity index (χ0v) is 18.4. The van der Waals surface area contributed by atoms with E-state index in [4.69, 9.17) is 9.84 Å². The SMILES string of the molecule is CN1CCCCC1c1nn(-c2ccc(OCc3ccccc3)cc2)c2c1CCCCN2. The Hall–Kier alpha value is -2.79. The lowest BCUT2D eigenvalue weighted by atomic mass is 9.96. The molecule has 0 spiro atoms. The van der Waals surface area contributed by atoms with E-state index in [-0.39, 0.29) is 0 Å². The van der Waals surface area contributed by atoms with Crippen LogP contribution in [0.1, 0.15) is 55.0 Å². The van der Waals surface area contributed by atoms with Crippen molar-refractivity contribution in [2.75, 3.05) is 25.5 Å². The average Bonchev–Trinajstić information content (AvgIpc) is 2.99. The van der Waals surface area contributed by atoms with Crippen LogP contribution in [0.15, 0.2) is 54.6 Å². The molecule has 2 aliphatic rings. The Morgan fingerprint density at radius 2 is 1.84 bits per heavy atom. The quantitative estimate of drug-likeness (QED) is 0.608. The number of anilines is 1. The summed E-state index contributed by atoms with van der Waals surface area (Å²) in [7, 11) is 2.25. The van der Waals surface area contributed by atoms with Gasteiger partial charge in [0.25, 0.3) is 0 Å². The van der Waals surface area contributed by atoms with Crippen molar-refractivity contribution in [2.45, 2.75) is 51.2 Å². The van der Waals surface area contributed by atoms with Crippen molar-refractivity contribution >= 4 is 5.82 Å². The fourth-order valence-electron chi connectivity index (χ4n) is 4.83. The van der Waals surface area contributed by atoms with E-state index in [1.54, 1.807) is 0 Å². The molecule has 0 amide bonds. The van der Waals surface area contributed by atoms with E-state index >= 15 is 0 Å². The third kappa shape index (κ3) is 4.33. The molecule has 0 radical (unpaired) electrons. The second-order valence-electron chi connectivity index (χ2n) is 8.77. The molecule has 1 aromatic heterocycles. The van der Waals surface area contributed by atoms with Crippen LogP contribution < -0.4 is 10.1 Å². The van der Waals surface area contributed by atoms with Crippen LogP contribution in [-0.2, 0) is 13.0 Å². The Labute approximate surface area is 185 Å². The van der Waals surface area contributed by atoms with Crippen molar-refractivity contribution in [3.63, 3.8) is 0 Å². The minimum atomic E-state index is 0.428. The second-order valence-corrected chi connectivity index (χ2v) is 8.77. The van der Waals surface area contributed by atoms with Crippen LogP contribution in [-0.4, -0.2) is 34.8 Å². The maximum atomic E-state index is 5.98. The van der Waals surface area contributed by atoms with Crippen molar-refractivity contribution in [1.29, 1.82) is 0 Å². The Bertz CT molecular complexity index is 996. The molecule has 31 heavy (non-hydrogen) atoms. The summed E-state index contributed by atoms with van der Waals surface area (Å²) < 4.78 is 8.10. The fraction of sp³-hybridized carbons (Fsp3) is 0.423.